The number of nitrogens with one attached hydrogen (secondary N) is 2. The molecule has 0 bridgehead atoms. The lowest BCUT2D eigenvalue weighted by Gasteiger charge is -2.29. The lowest BCUT2D eigenvalue weighted by molar-refractivity contribution is -0.125. The van der Waals surface area contributed by atoms with Crippen LogP contribution < -0.4 is 16.4 Å². The van der Waals surface area contributed by atoms with Crippen LogP contribution in [0.4, 0.5) is 5.69 Å². The van der Waals surface area contributed by atoms with Gasteiger partial charge in [0, 0.05) is 24.8 Å². The standard InChI is InChI=1S/C16H25N3O2.ClH/c1-5-16(6-2,10-17)15(21)19-13-9-7-8-12(11(13)3)14(20)18-4;/h7-9H,5-6,10,17H2,1-4H3,(H,18,20)(H,19,21);1H. The number of nitrogens with two attached hydrogens (primary N) is 1. The zero-order valence-electron chi connectivity index (χ0n) is 13.7. The summed E-state index contributed by atoms with van der Waals surface area (Å²) in [5, 5.41) is 5.52. The topological polar surface area (TPSA) is 84.2 Å². The molecule has 1 aromatic rings. The molecule has 0 aliphatic rings. The second kappa shape index (κ2) is 8.76. The molecule has 1 rings (SSSR count). The largest absolute Gasteiger partial charge is 0.355 e. The molecular weight excluding hydrogens is 302 g/mol. The predicted molar refractivity (Wildman–Crippen MR) is 92.5 cm³/mol. The first-order valence-electron chi connectivity index (χ1n) is 7.29. The van der Waals surface area contributed by atoms with Crippen LogP contribution in [0.15, 0.2) is 18.2 Å². The number of amides is 2. The van der Waals surface area contributed by atoms with E-state index in [1.54, 1.807) is 25.2 Å². The Morgan fingerprint density at radius 2 is 1.82 bits per heavy atom. The predicted octanol–water partition coefficient (Wildman–Crippen LogP) is 2.48. The van der Waals surface area contributed by atoms with E-state index in [9.17, 15) is 9.59 Å². The highest BCUT2D eigenvalue weighted by molar-refractivity contribution is 6.00. The summed E-state index contributed by atoms with van der Waals surface area (Å²) in [5.74, 6) is -0.258. The molecule has 0 aromatic heterocycles. The number of carbonyl (C=O) groups excluding carboxylic acids is 2. The van der Waals surface area contributed by atoms with E-state index in [0.29, 0.717) is 30.6 Å². The molecule has 22 heavy (non-hydrogen) atoms. The van der Waals surface area contributed by atoms with Gasteiger partial charge >= 0.3 is 0 Å². The lowest BCUT2D eigenvalue weighted by Crippen LogP contribution is -2.41. The summed E-state index contributed by atoms with van der Waals surface area (Å²) in [6, 6.07) is 5.29. The number of anilines is 1. The minimum Gasteiger partial charge on any atom is -0.355 e. The third-order valence-electron chi connectivity index (χ3n) is 4.28. The van der Waals surface area contributed by atoms with Crippen LogP contribution in [-0.2, 0) is 4.79 Å². The molecule has 0 spiro atoms. The summed E-state index contributed by atoms with van der Waals surface area (Å²) in [7, 11) is 1.58. The van der Waals surface area contributed by atoms with Crippen molar-refractivity contribution in [2.45, 2.75) is 33.6 Å². The van der Waals surface area contributed by atoms with Crippen molar-refractivity contribution in [3.05, 3.63) is 29.3 Å². The van der Waals surface area contributed by atoms with E-state index in [2.05, 4.69) is 10.6 Å². The molecule has 4 N–H and O–H groups in total. The SMILES string of the molecule is CCC(CC)(CN)C(=O)Nc1cccc(C(=O)NC)c1C.Cl. The van der Waals surface area contributed by atoms with Gasteiger partial charge in [0.1, 0.15) is 0 Å². The quantitative estimate of drug-likeness (QED) is 0.750. The van der Waals surface area contributed by atoms with Crippen molar-refractivity contribution in [3.8, 4) is 0 Å². The van der Waals surface area contributed by atoms with Crippen LogP contribution in [-0.4, -0.2) is 25.4 Å². The highest BCUT2D eigenvalue weighted by Crippen LogP contribution is 2.28. The van der Waals surface area contributed by atoms with Gasteiger partial charge in [-0.2, -0.15) is 0 Å². The fourth-order valence-electron chi connectivity index (χ4n) is 2.36. The van der Waals surface area contributed by atoms with Gasteiger partial charge in [0.2, 0.25) is 5.91 Å². The molecule has 0 unspecified atom stereocenters. The van der Waals surface area contributed by atoms with E-state index >= 15 is 0 Å². The maximum atomic E-state index is 12.5. The first-order valence-corrected chi connectivity index (χ1v) is 7.29. The molecule has 0 aliphatic heterocycles. The Morgan fingerprint density at radius 3 is 2.27 bits per heavy atom. The summed E-state index contributed by atoms with van der Waals surface area (Å²) in [4.78, 5) is 24.3. The monoisotopic (exact) mass is 327 g/mol. The smallest absolute Gasteiger partial charge is 0.251 e. The number of benzene rings is 1. The van der Waals surface area contributed by atoms with Crippen molar-refractivity contribution in [2.75, 3.05) is 18.9 Å². The molecule has 0 radical (unpaired) electrons. The van der Waals surface area contributed by atoms with Crippen LogP contribution in [0.25, 0.3) is 0 Å². The first kappa shape index (κ1) is 20.4. The average Bonchev–Trinajstić information content (AvgIpc) is 2.51. The van der Waals surface area contributed by atoms with Crippen LogP contribution in [0.2, 0.25) is 0 Å². The minimum absolute atomic E-state index is 0. The zero-order chi connectivity index (χ0) is 16.0. The van der Waals surface area contributed by atoms with Gasteiger partial charge in [0.25, 0.3) is 5.91 Å². The Balaban J connectivity index is 0.00000441. The van der Waals surface area contributed by atoms with E-state index in [0.717, 1.165) is 5.56 Å². The van der Waals surface area contributed by atoms with Gasteiger partial charge in [-0.05, 0) is 37.5 Å². The highest BCUT2D eigenvalue weighted by atomic mass is 35.5. The molecule has 124 valence electrons. The van der Waals surface area contributed by atoms with Gasteiger partial charge in [-0.3, -0.25) is 9.59 Å². The number of halogens is 1. The van der Waals surface area contributed by atoms with Crippen molar-refractivity contribution in [1.29, 1.82) is 0 Å². The summed E-state index contributed by atoms with van der Waals surface area (Å²) in [6.07, 6.45) is 1.36. The van der Waals surface area contributed by atoms with E-state index < -0.39 is 5.41 Å². The van der Waals surface area contributed by atoms with Gasteiger partial charge in [0.15, 0.2) is 0 Å². The van der Waals surface area contributed by atoms with Gasteiger partial charge < -0.3 is 16.4 Å². The fraction of sp³-hybridized carbons (Fsp3) is 0.500. The van der Waals surface area contributed by atoms with Crippen molar-refractivity contribution in [1.82, 2.24) is 5.32 Å². The molecule has 0 atom stereocenters. The maximum Gasteiger partial charge on any atom is 0.251 e. The summed E-state index contributed by atoms with van der Waals surface area (Å²) in [5.41, 5.74) is 7.20. The van der Waals surface area contributed by atoms with E-state index in [1.807, 2.05) is 20.8 Å². The Kier molecular flexibility index (Phi) is 8.12. The number of carbonyl (C=O) groups is 2. The fourth-order valence-corrected chi connectivity index (χ4v) is 2.36. The van der Waals surface area contributed by atoms with Gasteiger partial charge in [-0.15, -0.1) is 12.4 Å². The normalized spacial score (nSPS) is 10.6. The molecule has 2 amide bonds. The number of rotatable bonds is 6. The second-order valence-electron chi connectivity index (χ2n) is 5.20. The average molecular weight is 328 g/mol. The zero-order valence-corrected chi connectivity index (χ0v) is 14.5. The third kappa shape index (κ3) is 3.99. The molecule has 0 saturated heterocycles. The van der Waals surface area contributed by atoms with E-state index in [-0.39, 0.29) is 24.2 Å². The Labute approximate surface area is 138 Å². The molecule has 0 saturated carbocycles. The van der Waals surface area contributed by atoms with Crippen LogP contribution in [0.5, 0.6) is 0 Å². The molecule has 0 heterocycles. The number of hydrogen-bond acceptors (Lipinski definition) is 3. The summed E-state index contributed by atoms with van der Waals surface area (Å²) < 4.78 is 0. The summed E-state index contributed by atoms with van der Waals surface area (Å²) >= 11 is 0. The Bertz CT molecular complexity index is 520. The van der Waals surface area contributed by atoms with E-state index in [1.165, 1.54) is 0 Å². The van der Waals surface area contributed by atoms with Crippen molar-refractivity contribution in [3.63, 3.8) is 0 Å². The Hall–Kier alpha value is -1.59. The number of hydrogen-bond donors (Lipinski definition) is 3. The van der Waals surface area contributed by atoms with Gasteiger partial charge in [-0.1, -0.05) is 19.9 Å². The van der Waals surface area contributed by atoms with Crippen LogP contribution >= 0.6 is 12.4 Å². The van der Waals surface area contributed by atoms with Gasteiger partial charge in [-0.25, -0.2) is 0 Å². The minimum atomic E-state index is -0.560. The third-order valence-corrected chi connectivity index (χ3v) is 4.28. The first-order chi connectivity index (χ1) is 9.95. The van der Waals surface area contributed by atoms with Crippen molar-refractivity contribution in [2.24, 2.45) is 11.1 Å². The molecule has 1 aromatic carbocycles. The van der Waals surface area contributed by atoms with Crippen LogP contribution in [0.1, 0.15) is 42.6 Å². The Morgan fingerprint density at radius 1 is 1.23 bits per heavy atom. The van der Waals surface area contributed by atoms with Crippen molar-refractivity contribution < 1.29 is 9.59 Å². The van der Waals surface area contributed by atoms with Crippen LogP contribution in [0, 0.1) is 12.3 Å². The maximum absolute atomic E-state index is 12.5. The van der Waals surface area contributed by atoms with E-state index in [4.69, 9.17) is 5.73 Å². The summed E-state index contributed by atoms with van der Waals surface area (Å²) in [6.45, 7) is 6.05. The molecule has 0 fully saturated rings. The molecule has 0 aliphatic carbocycles. The highest BCUT2D eigenvalue weighted by Gasteiger charge is 2.33. The lowest BCUT2D eigenvalue weighted by atomic mass is 9.81. The molecule has 6 heteroatoms. The molecule has 5 nitrogen and oxygen atoms in total. The van der Waals surface area contributed by atoms with Gasteiger partial charge in [0.05, 0.1) is 5.41 Å². The molecular formula is C16H26ClN3O2. The van der Waals surface area contributed by atoms with Crippen LogP contribution in [0.3, 0.4) is 0 Å². The van der Waals surface area contributed by atoms with Crippen molar-refractivity contribution >= 4 is 29.9 Å². The second-order valence-corrected chi connectivity index (χ2v) is 5.20.